The Morgan fingerprint density at radius 1 is 0.512 bits per heavy atom. The first-order chi connectivity index (χ1) is 21.3. The molecule has 4 aliphatic rings. The average molecular weight is 553 g/mol. The van der Waals surface area contributed by atoms with Gasteiger partial charge in [-0.1, -0.05) is 121 Å². The zero-order valence-corrected chi connectivity index (χ0v) is 23.7. The van der Waals surface area contributed by atoms with Gasteiger partial charge >= 0.3 is 0 Å². The summed E-state index contributed by atoms with van der Waals surface area (Å²) < 4.78 is 15.6. The van der Waals surface area contributed by atoms with Crippen LogP contribution in [0.5, 0.6) is 0 Å². The van der Waals surface area contributed by atoms with Crippen molar-refractivity contribution in [1.82, 2.24) is 0 Å². The van der Waals surface area contributed by atoms with Crippen molar-refractivity contribution in [2.45, 2.75) is 36.8 Å². The fourth-order valence-corrected chi connectivity index (χ4v) is 9.09. The molecule has 0 bridgehead atoms. The van der Waals surface area contributed by atoms with Crippen LogP contribution in [-0.4, -0.2) is 0 Å². The Kier molecular flexibility index (Phi) is 4.78. The largest absolute Gasteiger partial charge is 0.242 e. The Hall–Kier alpha value is -4.75. The van der Waals surface area contributed by atoms with Crippen LogP contribution < -0.4 is 0 Å². The molecular weight excluding hydrogens is 523 g/mol. The molecule has 0 aliphatic heterocycles. The second-order valence-electron chi connectivity index (χ2n) is 12.7. The van der Waals surface area contributed by atoms with Crippen LogP contribution in [0.4, 0.5) is 4.39 Å². The summed E-state index contributed by atoms with van der Waals surface area (Å²) in [6.07, 6.45) is 9.69. The first-order valence-electron chi connectivity index (χ1n) is 15.6. The zero-order chi connectivity index (χ0) is 28.2. The van der Waals surface area contributed by atoms with Crippen LogP contribution in [0.3, 0.4) is 0 Å². The van der Waals surface area contributed by atoms with Crippen molar-refractivity contribution in [3.8, 4) is 33.4 Å². The highest BCUT2D eigenvalue weighted by atomic mass is 19.1. The zero-order valence-electron chi connectivity index (χ0n) is 23.7. The van der Waals surface area contributed by atoms with Crippen molar-refractivity contribution in [2.75, 3.05) is 0 Å². The second-order valence-corrected chi connectivity index (χ2v) is 12.7. The van der Waals surface area contributed by atoms with Crippen LogP contribution in [0, 0.1) is 0 Å². The summed E-state index contributed by atoms with van der Waals surface area (Å²) in [7, 11) is 0. The molecule has 4 aliphatic carbocycles. The van der Waals surface area contributed by atoms with E-state index in [2.05, 4.69) is 121 Å². The summed E-state index contributed by atoms with van der Waals surface area (Å²) in [5, 5.41) is 5.41. The minimum atomic E-state index is -0.904. The average Bonchev–Trinajstić information content (AvgIpc) is 3.57. The van der Waals surface area contributed by atoms with E-state index >= 15 is 4.39 Å². The molecule has 0 amide bonds. The number of alkyl halides is 1. The molecule has 0 heterocycles. The van der Waals surface area contributed by atoms with Crippen molar-refractivity contribution in [3.05, 3.63) is 155 Å². The lowest BCUT2D eigenvalue weighted by atomic mass is 9.76. The molecule has 0 aromatic heterocycles. The molecule has 0 fully saturated rings. The standard InChI is InChI=1S/C42H29F/c43-35-22-21-32-39-29(35)18-10-20-31(39)41-36(24-11-3-1-4-12-24)34-23-33-27-16-8-7-15-26(27)28-17-9-19-30(38(28)33)40(34)37(42(32)41)25-13-5-2-6-14-25/h1-20,23,26-27,32,35H,21-22H2. The SMILES string of the molecule is FC1CCC2c3c(cccc31)-c1c2c(-c2ccccc2)c2c(cc3c4c(cccc42)C2C=CC=CC32)c1-c1ccccc1. The van der Waals surface area contributed by atoms with E-state index in [-0.39, 0.29) is 5.92 Å². The number of rotatable bonds is 2. The number of allylic oxidation sites excluding steroid dienone is 4. The van der Waals surface area contributed by atoms with Crippen LogP contribution in [-0.2, 0) is 0 Å². The van der Waals surface area contributed by atoms with E-state index in [1.165, 1.54) is 77.2 Å². The molecule has 0 radical (unpaired) electrons. The second kappa shape index (κ2) is 8.64. The first-order valence-corrected chi connectivity index (χ1v) is 15.6. The predicted octanol–water partition coefficient (Wildman–Crippen LogP) is 11.6. The van der Waals surface area contributed by atoms with Gasteiger partial charge in [-0.25, -0.2) is 4.39 Å². The Morgan fingerprint density at radius 3 is 1.95 bits per heavy atom. The maximum Gasteiger partial charge on any atom is 0.125 e. The first kappa shape index (κ1) is 23.8. The van der Waals surface area contributed by atoms with Gasteiger partial charge in [-0.05, 0) is 102 Å². The highest BCUT2D eigenvalue weighted by Crippen LogP contribution is 2.62. The van der Waals surface area contributed by atoms with E-state index in [0.29, 0.717) is 18.3 Å². The van der Waals surface area contributed by atoms with Gasteiger partial charge in [-0.2, -0.15) is 0 Å². The van der Waals surface area contributed by atoms with Gasteiger partial charge < -0.3 is 0 Å². The van der Waals surface area contributed by atoms with Gasteiger partial charge in [0.1, 0.15) is 6.17 Å². The van der Waals surface area contributed by atoms with Crippen molar-refractivity contribution < 1.29 is 4.39 Å². The lowest BCUT2D eigenvalue weighted by Gasteiger charge is -2.28. The van der Waals surface area contributed by atoms with Crippen LogP contribution >= 0.6 is 0 Å². The highest BCUT2D eigenvalue weighted by Gasteiger charge is 2.42. The highest BCUT2D eigenvalue weighted by molar-refractivity contribution is 6.24. The molecular formula is C42H29F. The monoisotopic (exact) mass is 552 g/mol. The van der Waals surface area contributed by atoms with Gasteiger partial charge in [0.2, 0.25) is 0 Å². The van der Waals surface area contributed by atoms with Gasteiger partial charge in [-0.3, -0.25) is 0 Å². The molecule has 4 unspecified atom stereocenters. The van der Waals surface area contributed by atoms with E-state index in [1.807, 2.05) is 6.07 Å². The lowest BCUT2D eigenvalue weighted by Crippen LogP contribution is -2.11. The van der Waals surface area contributed by atoms with Crippen molar-refractivity contribution in [1.29, 1.82) is 0 Å². The number of hydrogen-bond donors (Lipinski definition) is 0. The maximum absolute atomic E-state index is 15.6. The van der Waals surface area contributed by atoms with E-state index < -0.39 is 6.17 Å². The normalized spacial score (nSPS) is 22.2. The molecule has 0 saturated heterocycles. The van der Waals surface area contributed by atoms with Crippen molar-refractivity contribution in [3.63, 3.8) is 0 Å². The molecule has 43 heavy (non-hydrogen) atoms. The lowest BCUT2D eigenvalue weighted by molar-refractivity contribution is 0.296. The van der Waals surface area contributed by atoms with E-state index in [4.69, 9.17) is 0 Å². The fourth-order valence-electron chi connectivity index (χ4n) is 9.09. The van der Waals surface area contributed by atoms with Crippen LogP contribution in [0.25, 0.3) is 54.9 Å². The molecule has 6 aromatic rings. The molecule has 0 nitrogen and oxygen atoms in total. The van der Waals surface area contributed by atoms with Crippen molar-refractivity contribution >= 4 is 21.5 Å². The summed E-state index contributed by atoms with van der Waals surface area (Å²) in [6.45, 7) is 0. The number of benzene rings is 6. The Bertz CT molecular complexity index is 2200. The third kappa shape index (κ3) is 3.05. The molecule has 0 saturated carbocycles. The van der Waals surface area contributed by atoms with Gasteiger partial charge in [0.15, 0.2) is 0 Å². The molecule has 4 atom stereocenters. The van der Waals surface area contributed by atoms with Gasteiger partial charge in [0.05, 0.1) is 0 Å². The minimum absolute atomic E-state index is 0.187. The Balaban J connectivity index is 1.47. The minimum Gasteiger partial charge on any atom is -0.242 e. The number of hydrogen-bond acceptors (Lipinski definition) is 0. The summed E-state index contributed by atoms with van der Waals surface area (Å²) in [5.74, 6) is 0.898. The number of fused-ring (bicyclic) bond motifs is 8. The molecule has 0 N–H and O–H groups in total. The smallest absolute Gasteiger partial charge is 0.125 e. The van der Waals surface area contributed by atoms with Gasteiger partial charge in [0.25, 0.3) is 0 Å². The molecule has 204 valence electrons. The molecule has 10 rings (SSSR count). The summed E-state index contributed by atoms with van der Waals surface area (Å²) in [5.41, 5.74) is 14.0. The van der Waals surface area contributed by atoms with E-state index in [9.17, 15) is 0 Å². The van der Waals surface area contributed by atoms with Gasteiger partial charge in [0, 0.05) is 17.8 Å². The summed E-state index contributed by atoms with van der Waals surface area (Å²) >= 11 is 0. The fraction of sp³-hybridized carbons (Fsp3) is 0.143. The number of halogens is 1. The van der Waals surface area contributed by atoms with Crippen molar-refractivity contribution in [2.24, 2.45) is 0 Å². The van der Waals surface area contributed by atoms with Gasteiger partial charge in [-0.15, -0.1) is 0 Å². The predicted molar refractivity (Wildman–Crippen MR) is 176 cm³/mol. The third-order valence-corrected chi connectivity index (χ3v) is 10.7. The summed E-state index contributed by atoms with van der Waals surface area (Å²) in [4.78, 5) is 0. The molecule has 6 aromatic carbocycles. The van der Waals surface area contributed by atoms with E-state index in [1.54, 1.807) is 0 Å². The van der Waals surface area contributed by atoms with Crippen LogP contribution in [0.15, 0.2) is 127 Å². The quantitative estimate of drug-likeness (QED) is 0.187. The molecule has 1 heteroatoms. The summed E-state index contributed by atoms with van der Waals surface area (Å²) in [6, 6.07) is 37.8. The van der Waals surface area contributed by atoms with Crippen LogP contribution in [0.1, 0.15) is 64.6 Å². The maximum atomic E-state index is 15.6. The Labute approximate surface area is 250 Å². The third-order valence-electron chi connectivity index (χ3n) is 10.7. The Morgan fingerprint density at radius 2 is 1.19 bits per heavy atom. The topological polar surface area (TPSA) is 0 Å². The van der Waals surface area contributed by atoms with E-state index in [0.717, 1.165) is 12.0 Å². The van der Waals surface area contributed by atoms with Crippen LogP contribution in [0.2, 0.25) is 0 Å². The molecule has 0 spiro atoms.